The molecule has 0 radical (unpaired) electrons. The molecule has 1 aromatic heterocycles. The summed E-state index contributed by atoms with van der Waals surface area (Å²) in [5, 5.41) is 8.59. The molecular formula is C9H17N3O3S. The fourth-order valence-corrected chi connectivity index (χ4v) is 2.27. The van der Waals surface area contributed by atoms with Gasteiger partial charge in [-0.3, -0.25) is 0 Å². The van der Waals surface area contributed by atoms with Gasteiger partial charge in [-0.15, -0.1) is 0 Å². The van der Waals surface area contributed by atoms with Crippen LogP contribution in [0.5, 0.6) is 0 Å². The van der Waals surface area contributed by atoms with Gasteiger partial charge >= 0.3 is 0 Å². The van der Waals surface area contributed by atoms with E-state index in [0.717, 1.165) is 6.42 Å². The van der Waals surface area contributed by atoms with E-state index in [1.807, 2.05) is 0 Å². The topological polar surface area (TPSA) is 84.2 Å². The maximum atomic E-state index is 11.6. The third-order valence-electron chi connectivity index (χ3n) is 2.08. The third-order valence-corrected chi connectivity index (χ3v) is 3.43. The van der Waals surface area contributed by atoms with Crippen molar-refractivity contribution in [3.05, 3.63) is 12.5 Å². The van der Waals surface area contributed by atoms with Crippen LogP contribution in [0.4, 0.5) is 0 Å². The molecule has 0 atom stereocenters. The van der Waals surface area contributed by atoms with E-state index >= 15 is 0 Å². The number of sulfonamides is 1. The highest BCUT2D eigenvalue weighted by Gasteiger charge is 2.15. The molecule has 1 aromatic rings. The Morgan fingerprint density at radius 2 is 2.19 bits per heavy atom. The number of hydrogen-bond acceptors (Lipinski definition) is 4. The van der Waals surface area contributed by atoms with Crippen LogP contribution in [0.2, 0.25) is 0 Å². The number of aromatic nitrogens is 2. The summed E-state index contributed by atoms with van der Waals surface area (Å²) in [6.07, 6.45) is 5.12. The van der Waals surface area contributed by atoms with Gasteiger partial charge in [0.15, 0.2) is 5.03 Å². The first-order valence-corrected chi connectivity index (χ1v) is 6.63. The van der Waals surface area contributed by atoms with Crippen molar-refractivity contribution in [3.8, 4) is 0 Å². The lowest BCUT2D eigenvalue weighted by molar-refractivity contribution is 0.283. The predicted molar refractivity (Wildman–Crippen MR) is 59.3 cm³/mol. The summed E-state index contributed by atoms with van der Waals surface area (Å²) in [7, 11) is -1.76. The molecule has 0 saturated carbocycles. The molecule has 0 aliphatic rings. The highest BCUT2D eigenvalue weighted by molar-refractivity contribution is 7.89. The second-order valence-corrected chi connectivity index (χ2v) is 5.27. The zero-order valence-corrected chi connectivity index (χ0v) is 10.1. The average molecular weight is 247 g/mol. The van der Waals surface area contributed by atoms with Gasteiger partial charge in [-0.1, -0.05) is 0 Å². The van der Waals surface area contributed by atoms with Crippen molar-refractivity contribution in [2.45, 2.75) is 24.3 Å². The molecule has 2 N–H and O–H groups in total. The van der Waals surface area contributed by atoms with Crippen LogP contribution in [0.15, 0.2) is 17.6 Å². The lowest BCUT2D eigenvalue weighted by Gasteiger charge is -2.03. The summed E-state index contributed by atoms with van der Waals surface area (Å²) in [4.78, 5) is 3.78. The van der Waals surface area contributed by atoms with E-state index in [4.69, 9.17) is 5.11 Å². The maximum absolute atomic E-state index is 11.6. The average Bonchev–Trinajstić information content (AvgIpc) is 2.65. The van der Waals surface area contributed by atoms with Crippen LogP contribution >= 0.6 is 0 Å². The molecule has 0 amide bonds. The minimum Gasteiger partial charge on any atom is -0.396 e. The van der Waals surface area contributed by atoms with Crippen LogP contribution in [-0.4, -0.2) is 36.2 Å². The molecule has 1 heterocycles. The minimum absolute atomic E-state index is 0.0390. The number of aliphatic hydroxyl groups excluding tert-OH is 1. The fourth-order valence-electron chi connectivity index (χ4n) is 1.22. The Bertz CT molecular complexity index is 413. The van der Waals surface area contributed by atoms with Crippen molar-refractivity contribution in [1.29, 1.82) is 0 Å². The quantitative estimate of drug-likeness (QED) is 0.657. The normalized spacial score (nSPS) is 11.9. The maximum Gasteiger partial charge on any atom is 0.259 e. The number of aliphatic hydroxyl groups is 1. The van der Waals surface area contributed by atoms with E-state index in [0.29, 0.717) is 19.4 Å². The van der Waals surface area contributed by atoms with E-state index < -0.39 is 10.0 Å². The Morgan fingerprint density at radius 1 is 1.44 bits per heavy atom. The van der Waals surface area contributed by atoms with Crippen LogP contribution in [-0.2, 0) is 17.1 Å². The van der Waals surface area contributed by atoms with Crippen molar-refractivity contribution in [3.63, 3.8) is 0 Å². The lowest BCUT2D eigenvalue weighted by atomic mass is 10.2. The molecule has 0 bridgehead atoms. The van der Waals surface area contributed by atoms with Crippen molar-refractivity contribution >= 4 is 10.0 Å². The number of nitrogens with zero attached hydrogens (tertiary/aromatic N) is 2. The highest BCUT2D eigenvalue weighted by Crippen LogP contribution is 2.04. The molecule has 0 saturated heterocycles. The Balaban J connectivity index is 2.41. The van der Waals surface area contributed by atoms with Gasteiger partial charge in [0, 0.05) is 26.4 Å². The first-order valence-electron chi connectivity index (χ1n) is 5.15. The van der Waals surface area contributed by atoms with Gasteiger partial charge in [0.05, 0.1) is 6.33 Å². The molecule has 0 aliphatic heterocycles. The number of imidazole rings is 1. The van der Waals surface area contributed by atoms with E-state index in [9.17, 15) is 8.42 Å². The molecule has 6 nitrogen and oxygen atoms in total. The van der Waals surface area contributed by atoms with E-state index in [-0.39, 0.29) is 11.6 Å². The molecular weight excluding hydrogens is 230 g/mol. The van der Waals surface area contributed by atoms with Crippen LogP contribution in [0.25, 0.3) is 0 Å². The van der Waals surface area contributed by atoms with Crippen LogP contribution < -0.4 is 4.72 Å². The minimum atomic E-state index is -3.47. The van der Waals surface area contributed by atoms with Gasteiger partial charge in [0.25, 0.3) is 10.0 Å². The first-order chi connectivity index (χ1) is 7.56. The third kappa shape index (κ3) is 3.92. The molecule has 92 valence electrons. The smallest absolute Gasteiger partial charge is 0.259 e. The van der Waals surface area contributed by atoms with Crippen LogP contribution in [0.3, 0.4) is 0 Å². The van der Waals surface area contributed by atoms with Crippen molar-refractivity contribution in [2.24, 2.45) is 7.05 Å². The predicted octanol–water partition coefficient (Wildman–Crippen LogP) is -0.139. The zero-order chi connectivity index (χ0) is 12.0. The van der Waals surface area contributed by atoms with E-state index in [1.54, 1.807) is 11.6 Å². The monoisotopic (exact) mass is 247 g/mol. The zero-order valence-electron chi connectivity index (χ0n) is 9.26. The van der Waals surface area contributed by atoms with Crippen LogP contribution in [0.1, 0.15) is 19.3 Å². The van der Waals surface area contributed by atoms with Crippen molar-refractivity contribution < 1.29 is 13.5 Å². The van der Waals surface area contributed by atoms with Gasteiger partial charge in [-0.2, -0.15) is 0 Å². The highest BCUT2D eigenvalue weighted by atomic mass is 32.2. The number of rotatable bonds is 7. The second-order valence-electron chi connectivity index (χ2n) is 3.56. The fraction of sp³-hybridized carbons (Fsp3) is 0.667. The molecule has 7 heteroatoms. The Hall–Kier alpha value is -0.920. The largest absolute Gasteiger partial charge is 0.396 e. The van der Waals surface area contributed by atoms with Crippen molar-refractivity contribution in [1.82, 2.24) is 14.3 Å². The summed E-state index contributed by atoms with van der Waals surface area (Å²) in [5.74, 6) is 0. The number of unbranched alkanes of at least 4 members (excludes halogenated alkanes) is 2. The molecule has 1 rings (SSSR count). The lowest BCUT2D eigenvalue weighted by Crippen LogP contribution is -2.25. The molecule has 0 spiro atoms. The van der Waals surface area contributed by atoms with Crippen LogP contribution in [0, 0.1) is 0 Å². The first kappa shape index (κ1) is 13.1. The number of aryl methyl sites for hydroxylation is 1. The van der Waals surface area contributed by atoms with E-state index in [1.165, 1.54) is 12.5 Å². The van der Waals surface area contributed by atoms with Gasteiger partial charge in [-0.25, -0.2) is 18.1 Å². The Morgan fingerprint density at radius 3 is 2.75 bits per heavy atom. The van der Waals surface area contributed by atoms with Gasteiger partial charge in [-0.05, 0) is 19.3 Å². The second kappa shape index (κ2) is 5.97. The SMILES string of the molecule is Cn1cnc(S(=O)(=O)NCCCCCO)c1. The van der Waals surface area contributed by atoms with Gasteiger partial charge in [0.2, 0.25) is 0 Å². The molecule has 0 aromatic carbocycles. The Labute approximate surface area is 95.4 Å². The number of nitrogens with one attached hydrogen (secondary N) is 1. The van der Waals surface area contributed by atoms with Crippen molar-refractivity contribution in [2.75, 3.05) is 13.2 Å². The van der Waals surface area contributed by atoms with Gasteiger partial charge < -0.3 is 9.67 Å². The summed E-state index contributed by atoms with van der Waals surface area (Å²) >= 11 is 0. The Kier molecular flexibility index (Phi) is 4.91. The molecule has 0 fully saturated rings. The summed E-state index contributed by atoms with van der Waals surface area (Å²) in [6, 6.07) is 0. The van der Waals surface area contributed by atoms with E-state index in [2.05, 4.69) is 9.71 Å². The summed E-state index contributed by atoms with van der Waals surface area (Å²) in [5.41, 5.74) is 0. The number of hydrogen-bond donors (Lipinski definition) is 2. The summed E-state index contributed by atoms with van der Waals surface area (Å²) in [6.45, 7) is 0.520. The standard InChI is InChI=1S/C9H17N3O3S/c1-12-7-9(10-8-12)16(14,15)11-5-3-2-4-6-13/h7-8,11,13H,2-6H2,1H3. The van der Waals surface area contributed by atoms with Gasteiger partial charge in [0.1, 0.15) is 0 Å². The summed E-state index contributed by atoms with van der Waals surface area (Å²) < 4.78 is 27.3. The molecule has 16 heavy (non-hydrogen) atoms. The molecule has 0 aliphatic carbocycles. The molecule has 0 unspecified atom stereocenters.